The molecule has 0 bridgehead atoms. The predicted molar refractivity (Wildman–Crippen MR) is 44.6 cm³/mol. The topological polar surface area (TPSA) is 0 Å². The van der Waals surface area contributed by atoms with Crippen molar-refractivity contribution in [3.8, 4) is 0 Å². The molecular weight excluding hydrogens is 128 g/mol. The van der Waals surface area contributed by atoms with Crippen LogP contribution in [0.15, 0.2) is 22.6 Å². The second-order valence-electron chi connectivity index (χ2n) is 2.49. The van der Waals surface area contributed by atoms with Crippen LogP contribution in [0.2, 0.25) is 0 Å². The Bertz CT molecular complexity index is 165. The molecule has 1 rings (SSSR count). The monoisotopic (exact) mass is 140 g/mol. The molecule has 1 unspecified atom stereocenters. The zero-order valence-corrected chi connectivity index (χ0v) is 6.96. The quantitative estimate of drug-likeness (QED) is 0.498. The van der Waals surface area contributed by atoms with Crippen LogP contribution in [0.4, 0.5) is 0 Å². The minimum atomic E-state index is 0.676. The smallest absolute Gasteiger partial charge is 0.0248 e. The van der Waals surface area contributed by atoms with Crippen molar-refractivity contribution < 1.29 is 0 Å². The van der Waals surface area contributed by atoms with E-state index < -0.39 is 0 Å². The van der Waals surface area contributed by atoms with Crippen molar-refractivity contribution in [1.29, 1.82) is 0 Å². The molecule has 0 aliphatic carbocycles. The van der Waals surface area contributed by atoms with E-state index in [1.54, 1.807) is 0 Å². The van der Waals surface area contributed by atoms with Crippen molar-refractivity contribution in [1.82, 2.24) is 0 Å². The summed E-state index contributed by atoms with van der Waals surface area (Å²) in [5, 5.41) is 0.676. The Balaban J connectivity index is 2.74. The van der Waals surface area contributed by atoms with Crippen LogP contribution in [0.1, 0.15) is 20.8 Å². The second-order valence-corrected chi connectivity index (χ2v) is 4.11. The third kappa shape index (κ3) is 1.90. The maximum atomic E-state index is 2.29. The Morgan fingerprint density at radius 3 is 2.56 bits per heavy atom. The molecule has 0 aromatic rings. The molecule has 9 heavy (non-hydrogen) atoms. The number of allylic oxidation sites excluding steroid dienone is 3. The van der Waals surface area contributed by atoms with Crippen LogP contribution in [0.25, 0.3) is 0 Å². The highest BCUT2D eigenvalue weighted by Crippen LogP contribution is 2.28. The molecule has 0 amide bonds. The van der Waals surface area contributed by atoms with Gasteiger partial charge in [0.1, 0.15) is 0 Å². The zero-order chi connectivity index (χ0) is 6.85. The molecule has 0 nitrogen and oxygen atoms in total. The molecule has 1 aliphatic rings. The van der Waals surface area contributed by atoms with E-state index in [1.165, 1.54) is 10.5 Å². The van der Waals surface area contributed by atoms with Crippen molar-refractivity contribution in [3.63, 3.8) is 0 Å². The summed E-state index contributed by atoms with van der Waals surface area (Å²) in [4.78, 5) is 1.43. The van der Waals surface area contributed by atoms with Gasteiger partial charge in [0.25, 0.3) is 0 Å². The summed E-state index contributed by atoms with van der Waals surface area (Å²) in [7, 11) is 0. The lowest BCUT2D eigenvalue weighted by atomic mass is 10.2. The molecule has 0 spiro atoms. The molecule has 0 radical (unpaired) electrons. The van der Waals surface area contributed by atoms with Crippen LogP contribution >= 0.6 is 11.8 Å². The number of thioether (sulfide) groups is 1. The van der Waals surface area contributed by atoms with Gasteiger partial charge in [0, 0.05) is 5.25 Å². The molecule has 1 heterocycles. The summed E-state index contributed by atoms with van der Waals surface area (Å²) in [5.41, 5.74) is 1.40. The molecule has 0 aromatic heterocycles. The van der Waals surface area contributed by atoms with Gasteiger partial charge in [0.15, 0.2) is 0 Å². The molecule has 0 saturated carbocycles. The van der Waals surface area contributed by atoms with Crippen LogP contribution < -0.4 is 0 Å². The van der Waals surface area contributed by atoms with E-state index in [1.807, 2.05) is 11.8 Å². The van der Waals surface area contributed by atoms with Crippen LogP contribution in [-0.4, -0.2) is 5.25 Å². The first-order valence-corrected chi connectivity index (χ1v) is 4.10. The van der Waals surface area contributed by atoms with E-state index >= 15 is 0 Å². The number of rotatable bonds is 0. The van der Waals surface area contributed by atoms with Gasteiger partial charge in [-0.25, -0.2) is 0 Å². The zero-order valence-electron chi connectivity index (χ0n) is 6.14. The van der Waals surface area contributed by atoms with Gasteiger partial charge in [-0.1, -0.05) is 17.7 Å². The van der Waals surface area contributed by atoms with Crippen LogP contribution in [0.5, 0.6) is 0 Å². The minimum absolute atomic E-state index is 0.676. The molecule has 0 aromatic carbocycles. The Labute approximate surface area is 61.0 Å². The van der Waals surface area contributed by atoms with E-state index in [4.69, 9.17) is 0 Å². The van der Waals surface area contributed by atoms with Crippen LogP contribution in [-0.2, 0) is 0 Å². The van der Waals surface area contributed by atoms with E-state index in [2.05, 4.69) is 32.9 Å². The van der Waals surface area contributed by atoms with Gasteiger partial charge in [0.05, 0.1) is 0 Å². The summed E-state index contributed by atoms with van der Waals surface area (Å²) in [5.74, 6) is 0. The summed E-state index contributed by atoms with van der Waals surface area (Å²) >= 11 is 1.93. The van der Waals surface area contributed by atoms with E-state index in [-0.39, 0.29) is 0 Å². The Kier molecular flexibility index (Phi) is 2.01. The third-order valence-electron chi connectivity index (χ3n) is 1.30. The molecule has 0 N–H and O–H groups in total. The van der Waals surface area contributed by atoms with Crippen LogP contribution in [0, 0.1) is 0 Å². The highest BCUT2D eigenvalue weighted by molar-refractivity contribution is 8.03. The molecular formula is C8H12S. The summed E-state index contributed by atoms with van der Waals surface area (Å²) in [6.45, 7) is 6.54. The maximum absolute atomic E-state index is 2.29. The fourth-order valence-corrected chi connectivity index (χ4v) is 2.22. The first kappa shape index (κ1) is 6.94. The van der Waals surface area contributed by atoms with Gasteiger partial charge in [-0.2, -0.15) is 0 Å². The average Bonchev–Trinajstić information content (AvgIpc) is 1.59. The predicted octanol–water partition coefficient (Wildman–Crippen LogP) is 2.97. The van der Waals surface area contributed by atoms with Crippen molar-refractivity contribution in [2.75, 3.05) is 0 Å². The third-order valence-corrected chi connectivity index (χ3v) is 2.30. The number of hydrogen-bond acceptors (Lipinski definition) is 1. The molecule has 1 heteroatoms. The first-order valence-electron chi connectivity index (χ1n) is 3.22. The van der Waals surface area contributed by atoms with Gasteiger partial charge < -0.3 is 0 Å². The van der Waals surface area contributed by atoms with E-state index in [9.17, 15) is 0 Å². The SMILES string of the molecule is CC1=CC(C)SC(C)=C1. The summed E-state index contributed by atoms with van der Waals surface area (Å²) in [6.07, 6.45) is 4.52. The second kappa shape index (κ2) is 2.61. The van der Waals surface area contributed by atoms with E-state index in [0.29, 0.717) is 5.25 Å². The first-order chi connectivity index (χ1) is 4.18. The van der Waals surface area contributed by atoms with Gasteiger partial charge >= 0.3 is 0 Å². The Morgan fingerprint density at radius 2 is 2.11 bits per heavy atom. The fourth-order valence-electron chi connectivity index (χ4n) is 1.10. The molecule has 1 atom stereocenters. The Morgan fingerprint density at radius 1 is 1.44 bits per heavy atom. The lowest BCUT2D eigenvalue weighted by Gasteiger charge is -2.12. The van der Waals surface area contributed by atoms with Crippen LogP contribution in [0.3, 0.4) is 0 Å². The highest BCUT2D eigenvalue weighted by atomic mass is 32.2. The summed E-state index contributed by atoms with van der Waals surface area (Å²) < 4.78 is 0. The molecule has 0 saturated heterocycles. The van der Waals surface area contributed by atoms with Gasteiger partial charge in [0.2, 0.25) is 0 Å². The van der Waals surface area contributed by atoms with Crippen molar-refractivity contribution in [3.05, 3.63) is 22.6 Å². The largest absolute Gasteiger partial charge is 0.124 e. The van der Waals surface area contributed by atoms with Crippen molar-refractivity contribution >= 4 is 11.8 Å². The highest BCUT2D eigenvalue weighted by Gasteiger charge is 2.04. The van der Waals surface area contributed by atoms with Crippen molar-refractivity contribution in [2.45, 2.75) is 26.0 Å². The molecule has 1 aliphatic heterocycles. The molecule has 0 fully saturated rings. The maximum Gasteiger partial charge on any atom is 0.0248 e. The lowest BCUT2D eigenvalue weighted by molar-refractivity contribution is 1.20. The number of hydrogen-bond donors (Lipinski definition) is 0. The Hall–Kier alpha value is -0.170. The lowest BCUT2D eigenvalue weighted by Crippen LogP contribution is -1.95. The van der Waals surface area contributed by atoms with E-state index in [0.717, 1.165) is 0 Å². The van der Waals surface area contributed by atoms with Gasteiger partial charge in [-0.05, 0) is 25.7 Å². The summed E-state index contributed by atoms with van der Waals surface area (Å²) in [6, 6.07) is 0. The minimum Gasteiger partial charge on any atom is -0.124 e. The standard InChI is InChI=1S/C8H12S/c1-6-4-7(2)9-8(3)5-6/h4-5,7H,1-3H3. The van der Waals surface area contributed by atoms with Gasteiger partial charge in [-0.3, -0.25) is 0 Å². The normalized spacial score (nSPS) is 27.2. The fraction of sp³-hybridized carbons (Fsp3) is 0.500. The average molecular weight is 140 g/mol. The van der Waals surface area contributed by atoms with Crippen molar-refractivity contribution in [2.24, 2.45) is 0 Å². The molecule has 50 valence electrons. The van der Waals surface area contributed by atoms with Gasteiger partial charge in [-0.15, -0.1) is 11.8 Å².